The third-order valence-electron chi connectivity index (χ3n) is 5.59. The van der Waals surface area contributed by atoms with E-state index >= 15 is 0 Å². The largest absolute Gasteiger partial charge is 0.454 e. The molecule has 0 unspecified atom stereocenters. The number of sulfonamides is 1. The molecule has 1 fully saturated rings. The SMILES string of the molecule is CS(=O)(=O)N1CCN2C(=O)c3cc(-c4ccc5c(c4)OCO5)ccc3NC(=O)[C@H]2C1. The lowest BCUT2D eigenvalue weighted by atomic mass is 10.0. The van der Waals surface area contributed by atoms with Crippen LogP contribution < -0.4 is 14.8 Å². The predicted molar refractivity (Wildman–Crippen MR) is 108 cm³/mol. The van der Waals surface area contributed by atoms with E-state index in [1.807, 2.05) is 24.3 Å². The number of carbonyl (C=O) groups excluding carboxylic acids is 2. The molecule has 30 heavy (non-hydrogen) atoms. The van der Waals surface area contributed by atoms with Crippen molar-refractivity contribution in [2.45, 2.75) is 6.04 Å². The average molecular weight is 429 g/mol. The first-order valence-corrected chi connectivity index (χ1v) is 11.3. The fourth-order valence-electron chi connectivity index (χ4n) is 3.98. The van der Waals surface area contributed by atoms with Crippen molar-refractivity contribution in [3.63, 3.8) is 0 Å². The number of rotatable bonds is 2. The minimum Gasteiger partial charge on any atom is -0.454 e. The zero-order chi connectivity index (χ0) is 21.0. The van der Waals surface area contributed by atoms with Gasteiger partial charge < -0.3 is 19.7 Å². The van der Waals surface area contributed by atoms with Gasteiger partial charge in [0.2, 0.25) is 22.7 Å². The van der Waals surface area contributed by atoms with Crippen LogP contribution in [0.5, 0.6) is 11.5 Å². The second-order valence-corrected chi connectivity index (χ2v) is 9.44. The predicted octanol–water partition coefficient (Wildman–Crippen LogP) is 1.12. The van der Waals surface area contributed by atoms with Crippen LogP contribution in [0, 0.1) is 0 Å². The Bertz CT molecular complexity index is 1180. The highest BCUT2D eigenvalue weighted by molar-refractivity contribution is 7.88. The van der Waals surface area contributed by atoms with Gasteiger partial charge in [0.25, 0.3) is 5.91 Å². The number of carbonyl (C=O) groups is 2. The van der Waals surface area contributed by atoms with Crippen molar-refractivity contribution in [2.24, 2.45) is 0 Å². The minimum atomic E-state index is -3.45. The number of hydrogen-bond donors (Lipinski definition) is 1. The van der Waals surface area contributed by atoms with Gasteiger partial charge in [-0.05, 0) is 35.4 Å². The van der Waals surface area contributed by atoms with Crippen LogP contribution in [-0.4, -0.2) is 68.2 Å². The molecule has 1 N–H and O–H groups in total. The van der Waals surface area contributed by atoms with E-state index < -0.39 is 22.0 Å². The fourth-order valence-corrected chi connectivity index (χ4v) is 4.81. The number of hydrogen-bond acceptors (Lipinski definition) is 6. The molecular weight excluding hydrogens is 410 g/mol. The second-order valence-electron chi connectivity index (χ2n) is 7.45. The summed E-state index contributed by atoms with van der Waals surface area (Å²) in [5.41, 5.74) is 2.43. The molecule has 0 spiro atoms. The van der Waals surface area contributed by atoms with Crippen molar-refractivity contribution >= 4 is 27.5 Å². The van der Waals surface area contributed by atoms with E-state index in [2.05, 4.69) is 5.32 Å². The molecule has 0 aromatic heterocycles. The lowest BCUT2D eigenvalue weighted by Crippen LogP contribution is -2.59. The Balaban J connectivity index is 1.50. The summed E-state index contributed by atoms with van der Waals surface area (Å²) in [6.07, 6.45) is 1.10. The molecule has 2 aromatic rings. The smallest absolute Gasteiger partial charge is 0.256 e. The van der Waals surface area contributed by atoms with E-state index in [0.717, 1.165) is 17.4 Å². The normalized spacial score (nSPS) is 21.0. The molecule has 9 nitrogen and oxygen atoms in total. The molecule has 2 aromatic carbocycles. The van der Waals surface area contributed by atoms with E-state index in [9.17, 15) is 18.0 Å². The molecular formula is C20H19N3O6S. The molecule has 0 aliphatic carbocycles. The second kappa shape index (κ2) is 6.71. The quantitative estimate of drug-likeness (QED) is 0.767. The van der Waals surface area contributed by atoms with Crippen LogP contribution in [0.2, 0.25) is 0 Å². The van der Waals surface area contributed by atoms with Crippen molar-refractivity contribution in [3.05, 3.63) is 42.0 Å². The highest BCUT2D eigenvalue weighted by Gasteiger charge is 2.41. The van der Waals surface area contributed by atoms with Gasteiger partial charge in [-0.3, -0.25) is 9.59 Å². The third-order valence-corrected chi connectivity index (χ3v) is 6.86. The van der Waals surface area contributed by atoms with Gasteiger partial charge in [-0.2, -0.15) is 4.31 Å². The molecule has 156 valence electrons. The zero-order valence-corrected chi connectivity index (χ0v) is 16.9. The number of benzene rings is 2. The van der Waals surface area contributed by atoms with Gasteiger partial charge in [-0.1, -0.05) is 12.1 Å². The number of ether oxygens (including phenoxy) is 2. The number of nitrogens with zero attached hydrogens (tertiary/aromatic N) is 2. The Morgan fingerprint density at radius 2 is 1.73 bits per heavy atom. The van der Waals surface area contributed by atoms with Crippen LogP contribution in [0.1, 0.15) is 10.4 Å². The number of amides is 2. The first-order chi connectivity index (χ1) is 14.3. The summed E-state index contributed by atoms with van der Waals surface area (Å²) >= 11 is 0. The summed E-state index contributed by atoms with van der Waals surface area (Å²) < 4.78 is 35.8. The molecule has 10 heteroatoms. The van der Waals surface area contributed by atoms with E-state index in [4.69, 9.17) is 9.47 Å². The molecule has 3 heterocycles. The van der Waals surface area contributed by atoms with Gasteiger partial charge in [0, 0.05) is 19.6 Å². The van der Waals surface area contributed by atoms with Crippen LogP contribution in [0.25, 0.3) is 11.1 Å². The summed E-state index contributed by atoms with van der Waals surface area (Å²) in [4.78, 5) is 27.5. The van der Waals surface area contributed by atoms with Crippen LogP contribution >= 0.6 is 0 Å². The fraction of sp³-hybridized carbons (Fsp3) is 0.300. The van der Waals surface area contributed by atoms with Gasteiger partial charge >= 0.3 is 0 Å². The van der Waals surface area contributed by atoms with Crippen LogP contribution in [0.15, 0.2) is 36.4 Å². The Hall–Kier alpha value is -3.11. The monoisotopic (exact) mass is 429 g/mol. The summed E-state index contributed by atoms with van der Waals surface area (Å²) in [7, 11) is -3.45. The molecule has 3 aliphatic rings. The Labute approximate surface area is 173 Å². The molecule has 2 amide bonds. The number of piperazine rings is 1. The Morgan fingerprint density at radius 1 is 1.00 bits per heavy atom. The lowest BCUT2D eigenvalue weighted by molar-refractivity contribution is -0.121. The Morgan fingerprint density at radius 3 is 2.53 bits per heavy atom. The minimum absolute atomic E-state index is 0.0561. The summed E-state index contributed by atoms with van der Waals surface area (Å²) in [5, 5.41) is 2.78. The number of anilines is 1. The number of nitrogens with one attached hydrogen (secondary N) is 1. The highest BCUT2D eigenvalue weighted by atomic mass is 32.2. The van der Waals surface area contributed by atoms with Crippen LogP contribution in [0.4, 0.5) is 5.69 Å². The van der Waals surface area contributed by atoms with Crippen molar-refractivity contribution in [3.8, 4) is 22.6 Å². The summed E-state index contributed by atoms with van der Waals surface area (Å²) in [6.45, 7) is 0.428. The topological polar surface area (TPSA) is 105 Å². The molecule has 3 aliphatic heterocycles. The van der Waals surface area contributed by atoms with Crippen molar-refractivity contribution in [1.82, 2.24) is 9.21 Å². The van der Waals surface area contributed by atoms with Crippen LogP contribution in [-0.2, 0) is 14.8 Å². The molecule has 1 atom stereocenters. The van der Waals surface area contributed by atoms with Crippen LogP contribution in [0.3, 0.4) is 0 Å². The lowest BCUT2D eigenvalue weighted by Gasteiger charge is -2.38. The summed E-state index contributed by atoms with van der Waals surface area (Å²) in [6, 6.07) is 9.91. The first kappa shape index (κ1) is 18.9. The van der Waals surface area contributed by atoms with Gasteiger partial charge in [-0.15, -0.1) is 0 Å². The molecule has 0 saturated carbocycles. The van der Waals surface area contributed by atoms with Crippen molar-refractivity contribution in [1.29, 1.82) is 0 Å². The maximum atomic E-state index is 13.3. The van der Waals surface area contributed by atoms with E-state index in [0.29, 0.717) is 22.7 Å². The standard InChI is InChI=1S/C20H19N3O6S/c1-30(26,27)22-6-7-23-16(10-22)19(24)21-15-4-2-12(8-14(15)20(23)25)13-3-5-17-18(9-13)29-11-28-17/h2-5,8-9,16H,6-7,10-11H2,1H3,(H,21,24)/t16-/m1/s1. The zero-order valence-electron chi connectivity index (χ0n) is 16.1. The van der Waals surface area contributed by atoms with Gasteiger partial charge in [0.1, 0.15) is 6.04 Å². The molecule has 5 rings (SSSR count). The third kappa shape index (κ3) is 3.08. The molecule has 0 radical (unpaired) electrons. The summed E-state index contributed by atoms with van der Waals surface area (Å²) in [5.74, 6) is 0.609. The maximum absolute atomic E-state index is 13.3. The number of fused-ring (bicyclic) bond motifs is 3. The first-order valence-electron chi connectivity index (χ1n) is 9.42. The highest BCUT2D eigenvalue weighted by Crippen LogP contribution is 2.37. The molecule has 1 saturated heterocycles. The van der Waals surface area contributed by atoms with E-state index in [1.54, 1.807) is 12.1 Å². The Kier molecular flexibility index (Phi) is 4.23. The van der Waals surface area contributed by atoms with Crippen molar-refractivity contribution < 1.29 is 27.5 Å². The average Bonchev–Trinajstić information content (AvgIpc) is 3.16. The maximum Gasteiger partial charge on any atom is 0.256 e. The van der Waals surface area contributed by atoms with Gasteiger partial charge in [-0.25, -0.2) is 8.42 Å². The molecule has 0 bridgehead atoms. The van der Waals surface area contributed by atoms with Gasteiger partial charge in [0.15, 0.2) is 11.5 Å². The van der Waals surface area contributed by atoms with E-state index in [-0.39, 0.29) is 32.3 Å². The van der Waals surface area contributed by atoms with Crippen molar-refractivity contribution in [2.75, 3.05) is 38.0 Å². The van der Waals surface area contributed by atoms with E-state index in [1.165, 1.54) is 9.21 Å². The van der Waals surface area contributed by atoms with Gasteiger partial charge in [0.05, 0.1) is 17.5 Å².